The molecule has 1 amide bonds. The first kappa shape index (κ1) is 17.2. The molecule has 2 saturated heterocycles. The predicted molar refractivity (Wildman–Crippen MR) is 79.4 cm³/mol. The van der Waals surface area contributed by atoms with Gasteiger partial charge in [-0.15, -0.1) is 0 Å². The largest absolute Gasteiger partial charge is 0.432 e. The summed E-state index contributed by atoms with van der Waals surface area (Å²) < 4.78 is 43.4. The lowest BCUT2D eigenvalue weighted by Crippen LogP contribution is -2.51. The zero-order valence-corrected chi connectivity index (χ0v) is 13.5. The molecular formula is C15H21F3N4O2. The summed E-state index contributed by atoms with van der Waals surface area (Å²) in [6.07, 6.45) is -2.83. The van der Waals surface area contributed by atoms with E-state index in [2.05, 4.69) is 14.9 Å². The summed E-state index contributed by atoms with van der Waals surface area (Å²) in [5.74, 6) is 0.235. The van der Waals surface area contributed by atoms with Crippen molar-refractivity contribution in [2.75, 3.05) is 39.8 Å². The third-order valence-corrected chi connectivity index (χ3v) is 4.64. The molecule has 1 N–H and O–H groups in total. The van der Waals surface area contributed by atoms with E-state index in [-0.39, 0.29) is 11.8 Å². The van der Waals surface area contributed by atoms with Gasteiger partial charge in [0.15, 0.2) is 0 Å². The Hall–Kier alpha value is -1.61. The van der Waals surface area contributed by atoms with Crippen LogP contribution in [0.3, 0.4) is 0 Å². The van der Waals surface area contributed by atoms with Crippen LogP contribution in [0.25, 0.3) is 0 Å². The molecule has 134 valence electrons. The lowest BCUT2D eigenvalue weighted by atomic mass is 9.95. The minimum atomic E-state index is -4.41. The van der Waals surface area contributed by atoms with Crippen molar-refractivity contribution in [3.63, 3.8) is 0 Å². The highest BCUT2D eigenvalue weighted by Gasteiger charge is 2.35. The van der Waals surface area contributed by atoms with Crippen LogP contribution in [0.4, 0.5) is 13.2 Å². The molecule has 0 radical (unpaired) electrons. The van der Waals surface area contributed by atoms with E-state index in [1.54, 1.807) is 4.90 Å². The molecule has 2 aliphatic rings. The maximum atomic E-state index is 12.6. The molecule has 9 heteroatoms. The summed E-state index contributed by atoms with van der Waals surface area (Å²) in [5.41, 5.74) is -0.824. The summed E-state index contributed by atoms with van der Waals surface area (Å²) in [5, 5.41) is 0. The van der Waals surface area contributed by atoms with Gasteiger partial charge in [-0.2, -0.15) is 13.2 Å². The highest BCUT2D eigenvalue weighted by molar-refractivity contribution is 5.81. The lowest BCUT2D eigenvalue weighted by molar-refractivity contribution is -0.149. The van der Waals surface area contributed by atoms with E-state index in [9.17, 15) is 18.0 Å². The van der Waals surface area contributed by atoms with Crippen LogP contribution in [0, 0.1) is 0 Å². The zero-order valence-electron chi connectivity index (χ0n) is 13.5. The highest BCUT2D eigenvalue weighted by Crippen LogP contribution is 2.31. The Morgan fingerprint density at radius 3 is 2.62 bits per heavy atom. The van der Waals surface area contributed by atoms with Gasteiger partial charge in [-0.3, -0.25) is 4.79 Å². The van der Waals surface area contributed by atoms with Gasteiger partial charge >= 0.3 is 6.18 Å². The number of rotatable bonds is 2. The van der Waals surface area contributed by atoms with Crippen molar-refractivity contribution in [1.29, 1.82) is 0 Å². The smallest absolute Gasteiger partial charge is 0.366 e. The number of hydrogen-bond donors (Lipinski definition) is 1. The van der Waals surface area contributed by atoms with Crippen molar-refractivity contribution in [2.24, 2.45) is 0 Å². The second-order valence-corrected chi connectivity index (χ2v) is 6.40. The van der Waals surface area contributed by atoms with Crippen LogP contribution in [0.5, 0.6) is 0 Å². The van der Waals surface area contributed by atoms with Crippen LogP contribution in [-0.2, 0) is 15.7 Å². The topological polar surface area (TPSA) is 61.5 Å². The van der Waals surface area contributed by atoms with E-state index in [0.29, 0.717) is 44.9 Å². The zero-order chi connectivity index (χ0) is 17.3. The maximum absolute atomic E-state index is 12.6. The molecule has 0 aliphatic carbocycles. The number of nitrogens with zero attached hydrogens (tertiary/aromatic N) is 3. The van der Waals surface area contributed by atoms with E-state index >= 15 is 0 Å². The van der Waals surface area contributed by atoms with Crippen LogP contribution in [0.1, 0.15) is 30.3 Å². The number of H-pyrrole nitrogens is 1. The molecule has 1 atom stereocenters. The van der Waals surface area contributed by atoms with Crippen LogP contribution in [0.15, 0.2) is 6.20 Å². The fourth-order valence-electron chi connectivity index (χ4n) is 3.19. The molecule has 1 aromatic heterocycles. The Kier molecular flexibility index (Phi) is 4.82. The molecule has 0 aromatic carbocycles. The number of halogens is 3. The van der Waals surface area contributed by atoms with Crippen molar-refractivity contribution in [2.45, 2.75) is 31.0 Å². The normalized spacial score (nSPS) is 24.3. The first-order chi connectivity index (χ1) is 11.3. The molecule has 0 saturated carbocycles. The number of morpholine rings is 1. The molecule has 1 unspecified atom stereocenters. The van der Waals surface area contributed by atoms with Gasteiger partial charge in [0, 0.05) is 32.1 Å². The summed E-state index contributed by atoms with van der Waals surface area (Å²) in [7, 11) is 1.95. The lowest BCUT2D eigenvalue weighted by Gasteiger charge is -2.36. The van der Waals surface area contributed by atoms with Gasteiger partial charge in [0.05, 0.1) is 12.8 Å². The predicted octanol–water partition coefficient (Wildman–Crippen LogP) is 1.47. The van der Waals surface area contributed by atoms with Crippen molar-refractivity contribution < 1.29 is 22.7 Å². The number of amides is 1. The second kappa shape index (κ2) is 6.72. The Morgan fingerprint density at radius 2 is 2.04 bits per heavy atom. The van der Waals surface area contributed by atoms with Crippen LogP contribution < -0.4 is 0 Å². The van der Waals surface area contributed by atoms with Crippen molar-refractivity contribution in [1.82, 2.24) is 19.8 Å². The van der Waals surface area contributed by atoms with Crippen LogP contribution >= 0.6 is 0 Å². The van der Waals surface area contributed by atoms with Gasteiger partial charge in [-0.1, -0.05) is 0 Å². The molecule has 2 aliphatic heterocycles. The molecule has 0 bridgehead atoms. The van der Waals surface area contributed by atoms with Gasteiger partial charge in [0.2, 0.25) is 0 Å². The fraction of sp³-hybridized carbons (Fsp3) is 0.733. The van der Waals surface area contributed by atoms with E-state index in [1.165, 1.54) is 0 Å². The number of alkyl halides is 3. The maximum Gasteiger partial charge on any atom is 0.432 e. The highest BCUT2D eigenvalue weighted by atomic mass is 19.4. The first-order valence-electron chi connectivity index (χ1n) is 8.05. The van der Waals surface area contributed by atoms with E-state index in [0.717, 1.165) is 12.7 Å². The Labute approximate surface area is 138 Å². The quantitative estimate of drug-likeness (QED) is 0.881. The molecule has 6 nitrogen and oxygen atoms in total. The van der Waals surface area contributed by atoms with Crippen molar-refractivity contribution in [3.05, 3.63) is 17.7 Å². The van der Waals surface area contributed by atoms with Gasteiger partial charge in [-0.05, 0) is 19.9 Å². The number of aromatic amines is 1. The van der Waals surface area contributed by atoms with Crippen LogP contribution in [0.2, 0.25) is 0 Å². The number of carbonyl (C=O) groups is 1. The number of aromatic nitrogens is 2. The summed E-state index contributed by atoms with van der Waals surface area (Å²) in [6.45, 7) is 2.94. The van der Waals surface area contributed by atoms with Gasteiger partial charge in [0.1, 0.15) is 17.6 Å². The van der Waals surface area contributed by atoms with Gasteiger partial charge in [-0.25, -0.2) is 4.98 Å². The number of piperidine rings is 1. The third-order valence-electron chi connectivity index (χ3n) is 4.64. The minimum absolute atomic E-state index is 0.0320. The number of likely N-dealkylation sites (tertiary alicyclic amines) is 1. The number of carbonyl (C=O) groups excluding carboxylic acids is 1. The molecule has 3 rings (SSSR count). The fourth-order valence-corrected chi connectivity index (χ4v) is 3.19. The number of hydrogen-bond acceptors (Lipinski definition) is 4. The second-order valence-electron chi connectivity index (χ2n) is 6.40. The Morgan fingerprint density at radius 1 is 1.33 bits per heavy atom. The summed E-state index contributed by atoms with van der Waals surface area (Å²) in [6, 6.07) is 0. The molecule has 24 heavy (non-hydrogen) atoms. The van der Waals surface area contributed by atoms with Gasteiger partial charge < -0.3 is 19.5 Å². The van der Waals surface area contributed by atoms with Gasteiger partial charge in [0.25, 0.3) is 5.91 Å². The molecule has 3 heterocycles. The number of imidazole rings is 1. The van der Waals surface area contributed by atoms with E-state index in [1.807, 2.05) is 7.05 Å². The molecular weight excluding hydrogens is 325 g/mol. The minimum Gasteiger partial charge on any atom is -0.366 e. The Balaban J connectivity index is 1.55. The molecule has 1 aromatic rings. The number of ether oxygens (including phenoxy) is 1. The first-order valence-corrected chi connectivity index (χ1v) is 8.05. The SMILES string of the molecule is CN1CCOC(C(=O)N2CCC(c3ncc(C(F)(F)F)[nH]3)CC2)C1. The number of nitrogens with one attached hydrogen (secondary N) is 1. The average Bonchev–Trinajstić information content (AvgIpc) is 3.04. The Bertz CT molecular complexity index is 582. The van der Waals surface area contributed by atoms with Crippen LogP contribution in [-0.4, -0.2) is 71.6 Å². The molecule has 0 spiro atoms. The standard InChI is InChI=1S/C15H21F3N4O2/c1-21-6-7-24-11(9-21)14(23)22-4-2-10(3-5-22)13-19-8-12(20-13)15(16,17)18/h8,10-11H,2-7,9H2,1H3,(H,19,20). The van der Waals surface area contributed by atoms with E-state index in [4.69, 9.17) is 4.74 Å². The number of likely N-dealkylation sites (N-methyl/N-ethyl adjacent to an activating group) is 1. The summed E-state index contributed by atoms with van der Waals surface area (Å²) in [4.78, 5) is 22.5. The van der Waals surface area contributed by atoms with E-state index < -0.39 is 18.0 Å². The molecule has 2 fully saturated rings. The average molecular weight is 346 g/mol. The third kappa shape index (κ3) is 3.72. The summed E-state index contributed by atoms with van der Waals surface area (Å²) >= 11 is 0. The van der Waals surface area contributed by atoms with Crippen molar-refractivity contribution in [3.8, 4) is 0 Å². The van der Waals surface area contributed by atoms with Crippen molar-refractivity contribution >= 4 is 5.91 Å². The monoisotopic (exact) mass is 346 g/mol.